The van der Waals surface area contributed by atoms with Crippen LogP contribution in [0.5, 0.6) is 5.75 Å². The number of aliphatic carboxylic acids is 1. The molecule has 0 radical (unpaired) electrons. The highest BCUT2D eigenvalue weighted by molar-refractivity contribution is 5.95. The lowest BCUT2D eigenvalue weighted by molar-refractivity contribution is -0.131. The molecule has 0 saturated carbocycles. The van der Waals surface area contributed by atoms with Crippen LogP contribution >= 0.6 is 0 Å². The largest absolute Gasteiger partial charge is 0.496 e. The van der Waals surface area contributed by atoms with Crippen molar-refractivity contribution >= 4 is 11.5 Å². The summed E-state index contributed by atoms with van der Waals surface area (Å²) in [5.74, 6) is -0.774. The molecule has 0 aliphatic heterocycles. The summed E-state index contributed by atoms with van der Waals surface area (Å²) < 4.78 is 18.6. The fraction of sp³-hybridized carbons (Fsp3) is 0.118. The number of rotatable bonds is 4. The Kier molecular flexibility index (Phi) is 4.38. The Balaban J connectivity index is 2.56. The first-order valence-corrected chi connectivity index (χ1v) is 6.37. The topological polar surface area (TPSA) is 46.5 Å². The van der Waals surface area contributed by atoms with Crippen molar-refractivity contribution in [3.63, 3.8) is 0 Å². The molecular formula is C17H15FO3. The number of hydrogen-bond donors (Lipinski definition) is 1. The Morgan fingerprint density at radius 2 is 1.90 bits per heavy atom. The van der Waals surface area contributed by atoms with Gasteiger partial charge >= 0.3 is 5.97 Å². The molecule has 21 heavy (non-hydrogen) atoms. The lowest BCUT2D eigenvalue weighted by atomic mass is 9.96. The van der Waals surface area contributed by atoms with Crippen LogP contribution in [0, 0.1) is 12.7 Å². The van der Waals surface area contributed by atoms with Gasteiger partial charge in [0.1, 0.15) is 11.6 Å². The quantitative estimate of drug-likeness (QED) is 0.872. The summed E-state index contributed by atoms with van der Waals surface area (Å²) in [5, 5.41) is 9.05. The van der Waals surface area contributed by atoms with Crippen LogP contribution in [-0.4, -0.2) is 18.2 Å². The van der Waals surface area contributed by atoms with Crippen molar-refractivity contribution in [2.75, 3.05) is 7.11 Å². The van der Waals surface area contributed by atoms with Gasteiger partial charge < -0.3 is 9.84 Å². The minimum atomic E-state index is -1.08. The average molecular weight is 286 g/mol. The molecule has 0 fully saturated rings. The molecule has 2 rings (SSSR count). The van der Waals surface area contributed by atoms with Gasteiger partial charge in [0.25, 0.3) is 0 Å². The standard InChI is InChI=1S/C17H15FO3/c1-11-8-13(6-7-16(11)21-2)15(10-17(19)20)12-4-3-5-14(18)9-12/h3-10H,1-2H3,(H,19,20)/b15-10+. The number of hydrogen-bond acceptors (Lipinski definition) is 2. The zero-order chi connectivity index (χ0) is 15.4. The molecule has 2 aromatic carbocycles. The van der Waals surface area contributed by atoms with Crippen molar-refractivity contribution < 1.29 is 19.0 Å². The van der Waals surface area contributed by atoms with E-state index in [1.807, 2.05) is 13.0 Å². The number of halogens is 1. The zero-order valence-electron chi connectivity index (χ0n) is 11.8. The second-order valence-electron chi connectivity index (χ2n) is 4.59. The SMILES string of the molecule is COc1ccc(/C(=C/C(=O)O)c2cccc(F)c2)cc1C. The third kappa shape index (κ3) is 3.48. The first-order chi connectivity index (χ1) is 10.0. The maximum absolute atomic E-state index is 13.4. The highest BCUT2D eigenvalue weighted by atomic mass is 19.1. The maximum atomic E-state index is 13.4. The van der Waals surface area contributed by atoms with Crippen LogP contribution in [0.15, 0.2) is 48.5 Å². The lowest BCUT2D eigenvalue weighted by Crippen LogP contribution is -1.96. The van der Waals surface area contributed by atoms with Crippen molar-refractivity contribution in [2.45, 2.75) is 6.92 Å². The second-order valence-corrected chi connectivity index (χ2v) is 4.59. The molecule has 4 heteroatoms. The van der Waals surface area contributed by atoms with E-state index in [9.17, 15) is 9.18 Å². The van der Waals surface area contributed by atoms with Gasteiger partial charge in [-0.1, -0.05) is 18.2 Å². The first-order valence-electron chi connectivity index (χ1n) is 6.37. The number of carboxylic acid groups (broad SMARTS) is 1. The second kappa shape index (κ2) is 6.22. The lowest BCUT2D eigenvalue weighted by Gasteiger charge is -2.11. The van der Waals surface area contributed by atoms with E-state index in [0.717, 1.165) is 11.6 Å². The zero-order valence-corrected chi connectivity index (χ0v) is 11.8. The minimum Gasteiger partial charge on any atom is -0.496 e. The van der Waals surface area contributed by atoms with Gasteiger partial charge in [0, 0.05) is 6.08 Å². The van der Waals surface area contributed by atoms with Crippen molar-refractivity contribution in [1.82, 2.24) is 0 Å². The van der Waals surface area contributed by atoms with E-state index in [-0.39, 0.29) is 0 Å². The summed E-state index contributed by atoms with van der Waals surface area (Å²) in [6.07, 6.45) is 1.08. The number of ether oxygens (including phenoxy) is 1. The van der Waals surface area contributed by atoms with E-state index in [2.05, 4.69) is 0 Å². The van der Waals surface area contributed by atoms with E-state index in [4.69, 9.17) is 9.84 Å². The summed E-state index contributed by atoms with van der Waals surface area (Å²) >= 11 is 0. The fourth-order valence-corrected chi connectivity index (χ4v) is 2.16. The molecule has 0 spiro atoms. The van der Waals surface area contributed by atoms with Gasteiger partial charge in [-0.2, -0.15) is 0 Å². The van der Waals surface area contributed by atoms with Crippen LogP contribution in [0.1, 0.15) is 16.7 Å². The van der Waals surface area contributed by atoms with Crippen LogP contribution in [0.25, 0.3) is 5.57 Å². The Labute approximate surface area is 122 Å². The summed E-state index contributed by atoms with van der Waals surface area (Å²) in [5.41, 5.74) is 2.54. The molecule has 0 bridgehead atoms. The number of methoxy groups -OCH3 is 1. The molecule has 0 aliphatic carbocycles. The normalized spacial score (nSPS) is 11.3. The monoisotopic (exact) mass is 286 g/mol. The van der Waals surface area contributed by atoms with Crippen molar-refractivity contribution in [1.29, 1.82) is 0 Å². The highest BCUT2D eigenvalue weighted by Gasteiger charge is 2.10. The van der Waals surface area contributed by atoms with Crippen LogP contribution in [0.3, 0.4) is 0 Å². The molecule has 0 atom stereocenters. The molecule has 0 unspecified atom stereocenters. The van der Waals surface area contributed by atoms with Crippen molar-refractivity contribution in [2.24, 2.45) is 0 Å². The van der Waals surface area contributed by atoms with Crippen LogP contribution in [0.2, 0.25) is 0 Å². The number of carbonyl (C=O) groups is 1. The van der Waals surface area contributed by atoms with Gasteiger partial charge in [-0.15, -0.1) is 0 Å². The van der Waals surface area contributed by atoms with Crippen LogP contribution < -0.4 is 4.74 Å². The number of carboxylic acids is 1. The fourth-order valence-electron chi connectivity index (χ4n) is 2.16. The van der Waals surface area contributed by atoms with E-state index in [0.29, 0.717) is 22.4 Å². The summed E-state index contributed by atoms with van der Waals surface area (Å²) in [6, 6.07) is 11.2. The predicted molar refractivity (Wildman–Crippen MR) is 78.8 cm³/mol. The van der Waals surface area contributed by atoms with Gasteiger partial charge in [-0.3, -0.25) is 0 Å². The van der Waals surface area contributed by atoms with Gasteiger partial charge in [-0.05, 0) is 53.5 Å². The molecule has 2 aromatic rings. The smallest absolute Gasteiger partial charge is 0.328 e. The van der Waals surface area contributed by atoms with E-state index in [1.54, 1.807) is 31.4 Å². The molecule has 0 saturated heterocycles. The molecule has 0 aromatic heterocycles. The summed E-state index contributed by atoms with van der Waals surface area (Å²) in [6.45, 7) is 1.87. The minimum absolute atomic E-state index is 0.408. The van der Waals surface area contributed by atoms with Crippen molar-refractivity contribution in [3.8, 4) is 5.75 Å². The van der Waals surface area contributed by atoms with Gasteiger partial charge in [0.2, 0.25) is 0 Å². The molecule has 3 nitrogen and oxygen atoms in total. The maximum Gasteiger partial charge on any atom is 0.328 e. The Hall–Kier alpha value is -2.62. The number of benzene rings is 2. The first kappa shape index (κ1) is 14.8. The van der Waals surface area contributed by atoms with Gasteiger partial charge in [0.05, 0.1) is 7.11 Å². The molecule has 1 N–H and O–H groups in total. The Morgan fingerprint density at radius 1 is 1.19 bits per heavy atom. The third-order valence-corrected chi connectivity index (χ3v) is 3.11. The van der Waals surface area contributed by atoms with Gasteiger partial charge in [-0.25, -0.2) is 9.18 Å². The van der Waals surface area contributed by atoms with E-state index in [1.165, 1.54) is 12.1 Å². The third-order valence-electron chi connectivity index (χ3n) is 3.11. The highest BCUT2D eigenvalue weighted by Crippen LogP contribution is 2.28. The summed E-state index contributed by atoms with van der Waals surface area (Å²) in [4.78, 5) is 11.1. The van der Waals surface area contributed by atoms with Crippen LogP contribution in [0.4, 0.5) is 4.39 Å². The Morgan fingerprint density at radius 3 is 2.48 bits per heavy atom. The van der Waals surface area contributed by atoms with Crippen LogP contribution in [-0.2, 0) is 4.79 Å². The van der Waals surface area contributed by atoms with Gasteiger partial charge in [0.15, 0.2) is 0 Å². The molecule has 0 heterocycles. The molecule has 0 aliphatic rings. The molecular weight excluding hydrogens is 271 g/mol. The average Bonchev–Trinajstić information content (AvgIpc) is 2.44. The van der Waals surface area contributed by atoms with Crippen molar-refractivity contribution in [3.05, 3.63) is 71.0 Å². The molecule has 0 amide bonds. The summed E-state index contributed by atoms with van der Waals surface area (Å²) in [7, 11) is 1.57. The predicted octanol–water partition coefficient (Wildman–Crippen LogP) is 3.66. The van der Waals surface area contributed by atoms with E-state index >= 15 is 0 Å². The number of aryl methyl sites for hydroxylation is 1. The van der Waals surface area contributed by atoms with E-state index < -0.39 is 11.8 Å². The molecule has 108 valence electrons. The Bertz CT molecular complexity index is 705.